The molecule has 2 amide bonds. The van der Waals surface area contributed by atoms with Crippen LogP contribution >= 0.6 is 11.3 Å². The second-order valence-electron chi connectivity index (χ2n) is 5.82. The van der Waals surface area contributed by atoms with E-state index in [-0.39, 0.29) is 5.56 Å². The van der Waals surface area contributed by atoms with Gasteiger partial charge in [-0.3, -0.25) is 20.4 Å². The van der Waals surface area contributed by atoms with Gasteiger partial charge in [-0.25, -0.2) is 9.18 Å². The zero-order chi connectivity index (χ0) is 18.5. The molecule has 26 heavy (non-hydrogen) atoms. The number of carbonyl (C=O) groups excluding carboxylic acids is 3. The standard InChI is InChI=1S/C18H17FN2O4S/c19-13-7-3-2-6-12(13)17(23)21-20-16(22)10-25-18(24)15-9-11-5-1-4-8-14(11)26-15/h2-3,6-7,9H,1,4-5,8,10H2,(H,20,22)(H,21,23). The molecular formula is C18H17FN2O4S. The van der Waals surface area contributed by atoms with Crippen molar-refractivity contribution < 1.29 is 23.5 Å². The van der Waals surface area contributed by atoms with Gasteiger partial charge in [0.25, 0.3) is 11.8 Å². The van der Waals surface area contributed by atoms with Crippen molar-refractivity contribution in [3.63, 3.8) is 0 Å². The van der Waals surface area contributed by atoms with Gasteiger partial charge in [0, 0.05) is 4.88 Å². The van der Waals surface area contributed by atoms with Crippen molar-refractivity contribution in [2.45, 2.75) is 25.7 Å². The summed E-state index contributed by atoms with van der Waals surface area (Å²) >= 11 is 1.39. The summed E-state index contributed by atoms with van der Waals surface area (Å²) in [5.41, 5.74) is 5.14. The molecule has 1 aromatic carbocycles. The Hall–Kier alpha value is -2.74. The molecule has 0 atom stereocenters. The average molecular weight is 376 g/mol. The van der Waals surface area contributed by atoms with Gasteiger partial charge in [0.05, 0.1) is 5.56 Å². The number of hydrazine groups is 1. The van der Waals surface area contributed by atoms with Gasteiger partial charge in [0.15, 0.2) is 6.61 Å². The highest BCUT2D eigenvalue weighted by atomic mass is 32.1. The van der Waals surface area contributed by atoms with Crippen LogP contribution in [-0.4, -0.2) is 24.4 Å². The maximum absolute atomic E-state index is 13.5. The molecule has 2 aromatic rings. The molecule has 0 saturated heterocycles. The molecule has 6 nitrogen and oxygen atoms in total. The Labute approximate surface area is 153 Å². The SMILES string of the molecule is O=C(COC(=O)c1cc2c(s1)CCCC2)NNC(=O)c1ccccc1F. The first kappa shape index (κ1) is 18.1. The van der Waals surface area contributed by atoms with Crippen molar-refractivity contribution in [2.75, 3.05) is 6.61 Å². The average Bonchev–Trinajstić information content (AvgIpc) is 3.09. The minimum Gasteiger partial charge on any atom is -0.451 e. The normalized spacial score (nSPS) is 12.8. The summed E-state index contributed by atoms with van der Waals surface area (Å²) < 4.78 is 18.4. The minimum absolute atomic E-state index is 0.200. The summed E-state index contributed by atoms with van der Waals surface area (Å²) in [5, 5.41) is 0. The van der Waals surface area contributed by atoms with Gasteiger partial charge in [-0.1, -0.05) is 12.1 Å². The number of amides is 2. The predicted molar refractivity (Wildman–Crippen MR) is 93.3 cm³/mol. The van der Waals surface area contributed by atoms with E-state index in [1.165, 1.54) is 40.0 Å². The molecule has 0 fully saturated rings. The number of hydrogen-bond donors (Lipinski definition) is 2. The molecule has 2 N–H and O–H groups in total. The van der Waals surface area contributed by atoms with Gasteiger partial charge in [-0.15, -0.1) is 11.3 Å². The van der Waals surface area contributed by atoms with E-state index in [0.29, 0.717) is 4.88 Å². The first-order valence-corrected chi connectivity index (χ1v) is 8.98. The van der Waals surface area contributed by atoms with E-state index in [4.69, 9.17) is 4.74 Å². The van der Waals surface area contributed by atoms with Crippen LogP contribution in [0.4, 0.5) is 4.39 Å². The minimum atomic E-state index is -0.797. The fourth-order valence-corrected chi connectivity index (χ4v) is 3.82. The molecule has 0 unspecified atom stereocenters. The van der Waals surface area contributed by atoms with Gasteiger partial charge in [-0.2, -0.15) is 0 Å². The molecule has 1 aliphatic rings. The highest BCUT2D eigenvalue weighted by molar-refractivity contribution is 7.14. The van der Waals surface area contributed by atoms with Gasteiger partial charge >= 0.3 is 5.97 Å². The maximum atomic E-state index is 13.5. The summed E-state index contributed by atoms with van der Waals surface area (Å²) in [4.78, 5) is 37.2. The summed E-state index contributed by atoms with van der Waals surface area (Å²) in [5.74, 6) is -2.79. The third-order valence-corrected chi connectivity index (χ3v) is 5.18. The summed E-state index contributed by atoms with van der Waals surface area (Å²) in [7, 11) is 0. The van der Waals surface area contributed by atoms with Gasteiger partial charge in [0.1, 0.15) is 10.7 Å². The number of rotatable bonds is 4. The van der Waals surface area contributed by atoms with Crippen molar-refractivity contribution >= 4 is 29.1 Å². The smallest absolute Gasteiger partial charge is 0.348 e. The van der Waals surface area contributed by atoms with E-state index in [2.05, 4.69) is 10.9 Å². The highest BCUT2D eigenvalue weighted by Gasteiger charge is 2.19. The molecule has 0 aliphatic heterocycles. The van der Waals surface area contributed by atoms with E-state index in [9.17, 15) is 18.8 Å². The zero-order valence-electron chi connectivity index (χ0n) is 13.8. The second-order valence-corrected chi connectivity index (χ2v) is 6.96. The number of hydrogen-bond acceptors (Lipinski definition) is 5. The molecule has 1 aliphatic carbocycles. The third-order valence-electron chi connectivity index (χ3n) is 3.97. The Kier molecular flexibility index (Phi) is 5.62. The summed E-state index contributed by atoms with van der Waals surface area (Å²) in [6.45, 7) is -0.543. The Balaban J connectivity index is 1.46. The lowest BCUT2D eigenvalue weighted by molar-refractivity contribution is -0.125. The summed E-state index contributed by atoms with van der Waals surface area (Å²) in [6, 6.07) is 7.20. The van der Waals surface area contributed by atoms with Crippen LogP contribution in [0, 0.1) is 5.82 Å². The van der Waals surface area contributed by atoms with E-state index in [1.807, 2.05) is 6.07 Å². The monoisotopic (exact) mass is 376 g/mol. The van der Waals surface area contributed by atoms with Crippen LogP contribution in [0.5, 0.6) is 0 Å². The van der Waals surface area contributed by atoms with Gasteiger partial charge in [-0.05, 0) is 49.4 Å². The number of esters is 1. The Morgan fingerprint density at radius 3 is 2.65 bits per heavy atom. The number of halogens is 1. The molecule has 3 rings (SSSR count). The largest absolute Gasteiger partial charge is 0.451 e. The number of thiophene rings is 1. The molecule has 1 aromatic heterocycles. The van der Waals surface area contributed by atoms with Crippen molar-refractivity contribution in [2.24, 2.45) is 0 Å². The van der Waals surface area contributed by atoms with Crippen molar-refractivity contribution in [3.05, 3.63) is 57.0 Å². The number of aryl methyl sites for hydroxylation is 2. The lowest BCUT2D eigenvalue weighted by Crippen LogP contribution is -2.43. The Morgan fingerprint density at radius 2 is 1.88 bits per heavy atom. The van der Waals surface area contributed by atoms with Gasteiger partial charge in [0.2, 0.25) is 0 Å². The Bertz CT molecular complexity index is 826. The highest BCUT2D eigenvalue weighted by Crippen LogP contribution is 2.29. The van der Waals surface area contributed by atoms with E-state index in [0.717, 1.165) is 31.7 Å². The van der Waals surface area contributed by atoms with E-state index in [1.54, 1.807) is 0 Å². The maximum Gasteiger partial charge on any atom is 0.348 e. The number of ether oxygens (including phenoxy) is 1. The Morgan fingerprint density at radius 1 is 1.12 bits per heavy atom. The fraction of sp³-hybridized carbons (Fsp3) is 0.278. The lowest BCUT2D eigenvalue weighted by Gasteiger charge is -2.08. The summed E-state index contributed by atoms with van der Waals surface area (Å²) in [6.07, 6.45) is 4.16. The van der Waals surface area contributed by atoms with Crippen LogP contribution < -0.4 is 10.9 Å². The van der Waals surface area contributed by atoms with Crippen LogP contribution in [0.25, 0.3) is 0 Å². The number of carbonyl (C=O) groups is 3. The first-order chi connectivity index (χ1) is 12.5. The number of nitrogens with one attached hydrogen (secondary N) is 2. The van der Waals surface area contributed by atoms with Crippen LogP contribution in [0.3, 0.4) is 0 Å². The van der Waals surface area contributed by atoms with Crippen molar-refractivity contribution in [1.29, 1.82) is 0 Å². The van der Waals surface area contributed by atoms with Crippen molar-refractivity contribution in [1.82, 2.24) is 10.9 Å². The fourth-order valence-electron chi connectivity index (χ4n) is 2.67. The quantitative estimate of drug-likeness (QED) is 0.634. The molecule has 136 valence electrons. The number of fused-ring (bicyclic) bond motifs is 1. The molecule has 0 saturated carbocycles. The molecule has 0 bridgehead atoms. The molecule has 8 heteroatoms. The zero-order valence-corrected chi connectivity index (χ0v) is 14.7. The molecule has 0 radical (unpaired) electrons. The first-order valence-electron chi connectivity index (χ1n) is 8.17. The molecule has 1 heterocycles. The van der Waals surface area contributed by atoms with E-state index >= 15 is 0 Å². The molecular weight excluding hydrogens is 359 g/mol. The number of benzene rings is 1. The second kappa shape index (κ2) is 8.09. The van der Waals surface area contributed by atoms with Crippen LogP contribution in [0.2, 0.25) is 0 Å². The van der Waals surface area contributed by atoms with Crippen LogP contribution in [-0.2, 0) is 22.4 Å². The van der Waals surface area contributed by atoms with Gasteiger partial charge < -0.3 is 4.74 Å². The lowest BCUT2D eigenvalue weighted by atomic mass is 9.99. The molecule has 0 spiro atoms. The van der Waals surface area contributed by atoms with Crippen molar-refractivity contribution in [3.8, 4) is 0 Å². The van der Waals surface area contributed by atoms with Crippen LogP contribution in [0.1, 0.15) is 43.3 Å². The third kappa shape index (κ3) is 4.26. The van der Waals surface area contributed by atoms with Crippen LogP contribution in [0.15, 0.2) is 30.3 Å². The van der Waals surface area contributed by atoms with E-state index < -0.39 is 30.2 Å². The topological polar surface area (TPSA) is 84.5 Å². The predicted octanol–water partition coefficient (Wildman–Crippen LogP) is 2.38.